The van der Waals surface area contributed by atoms with Crippen LogP contribution in [0.25, 0.3) is 0 Å². The Kier molecular flexibility index (Phi) is 5.79. The van der Waals surface area contributed by atoms with E-state index in [1.165, 1.54) is 0 Å². The molecule has 0 bridgehead atoms. The van der Waals surface area contributed by atoms with Crippen LogP contribution in [0, 0.1) is 6.92 Å². The molecule has 2 aromatic rings. The molecule has 1 fully saturated rings. The largest absolute Gasteiger partial charge is 0.369 e. The van der Waals surface area contributed by atoms with E-state index < -0.39 is 5.60 Å². The van der Waals surface area contributed by atoms with Gasteiger partial charge in [-0.25, -0.2) is 9.97 Å². The molecule has 2 aliphatic rings. The van der Waals surface area contributed by atoms with Crippen molar-refractivity contribution in [3.8, 4) is 0 Å². The smallest absolute Gasteiger partial charge is 0.254 e. The number of anilines is 1. The zero-order valence-corrected chi connectivity index (χ0v) is 18.7. The van der Waals surface area contributed by atoms with Gasteiger partial charge in [-0.2, -0.15) is 0 Å². The maximum atomic E-state index is 13.1. The van der Waals surface area contributed by atoms with Crippen LogP contribution in [0.5, 0.6) is 0 Å². The summed E-state index contributed by atoms with van der Waals surface area (Å²) in [5.41, 5.74) is 2.06. The molecule has 164 valence electrons. The van der Waals surface area contributed by atoms with Crippen LogP contribution in [0.4, 0.5) is 5.82 Å². The second-order valence-corrected chi connectivity index (χ2v) is 8.81. The van der Waals surface area contributed by atoms with Crippen LogP contribution in [0.2, 0.25) is 0 Å². The Morgan fingerprint density at radius 3 is 2.65 bits per heavy atom. The van der Waals surface area contributed by atoms with Crippen molar-refractivity contribution in [1.82, 2.24) is 14.9 Å². The van der Waals surface area contributed by atoms with Gasteiger partial charge in [-0.3, -0.25) is 14.5 Å². The summed E-state index contributed by atoms with van der Waals surface area (Å²) >= 11 is 0. The van der Waals surface area contributed by atoms with E-state index in [1.807, 2.05) is 42.2 Å². The van der Waals surface area contributed by atoms with Crippen LogP contribution in [0.15, 0.2) is 30.3 Å². The van der Waals surface area contributed by atoms with Crippen LogP contribution in [-0.2, 0) is 27.3 Å². The molecule has 2 aliphatic heterocycles. The molecular formula is C24H30N4O3. The highest BCUT2D eigenvalue weighted by molar-refractivity contribution is 5.95. The number of methoxy groups -OCH3 is 1. The van der Waals surface area contributed by atoms with Gasteiger partial charge in [0.05, 0.1) is 12.6 Å². The van der Waals surface area contributed by atoms with E-state index in [1.54, 1.807) is 25.9 Å². The van der Waals surface area contributed by atoms with Crippen molar-refractivity contribution in [2.24, 2.45) is 0 Å². The standard InChI is InChI=1S/C24H30N4O3/c1-16-18-12-13-20(29)28(15-17-9-6-5-7-10-17)22(18)26-21(25-16)19-11-8-14-27(19)23(30)24(2,3)31-4/h5-7,9-10,19H,8,11-15H2,1-4H3. The summed E-state index contributed by atoms with van der Waals surface area (Å²) in [4.78, 5) is 39.2. The Balaban J connectivity index is 1.70. The fourth-order valence-electron chi connectivity index (χ4n) is 4.39. The third-order valence-corrected chi connectivity index (χ3v) is 6.38. The Hall–Kier alpha value is -2.80. The second kappa shape index (κ2) is 8.38. The van der Waals surface area contributed by atoms with Gasteiger partial charge in [0, 0.05) is 31.3 Å². The zero-order chi connectivity index (χ0) is 22.2. The number of likely N-dealkylation sites (tertiary alicyclic amines) is 1. The predicted octanol–water partition coefficient (Wildman–Crippen LogP) is 3.35. The Labute approximate surface area is 183 Å². The molecule has 3 heterocycles. The Bertz CT molecular complexity index is 990. The second-order valence-electron chi connectivity index (χ2n) is 8.81. The molecule has 4 rings (SSSR count). The molecule has 1 saturated heterocycles. The molecule has 1 aromatic carbocycles. The van der Waals surface area contributed by atoms with Crippen LogP contribution in [0.1, 0.15) is 61.8 Å². The lowest BCUT2D eigenvalue weighted by Crippen LogP contribution is -2.46. The summed E-state index contributed by atoms with van der Waals surface area (Å²) in [6.07, 6.45) is 2.80. The lowest BCUT2D eigenvalue weighted by atomic mass is 10.0. The molecule has 1 aromatic heterocycles. The van der Waals surface area contributed by atoms with Crippen LogP contribution in [0.3, 0.4) is 0 Å². The highest BCUT2D eigenvalue weighted by Crippen LogP contribution is 2.36. The number of ether oxygens (including phenoxy) is 1. The summed E-state index contributed by atoms with van der Waals surface area (Å²) < 4.78 is 5.42. The molecule has 0 radical (unpaired) electrons. The Morgan fingerprint density at radius 1 is 1.19 bits per heavy atom. The first kappa shape index (κ1) is 21.4. The van der Waals surface area contributed by atoms with Crippen molar-refractivity contribution in [1.29, 1.82) is 0 Å². The number of aromatic nitrogens is 2. The van der Waals surface area contributed by atoms with E-state index in [-0.39, 0.29) is 17.9 Å². The van der Waals surface area contributed by atoms with Gasteiger partial charge in [0.15, 0.2) is 5.82 Å². The van der Waals surface area contributed by atoms with Crippen molar-refractivity contribution in [3.05, 3.63) is 53.0 Å². The third-order valence-electron chi connectivity index (χ3n) is 6.38. The Morgan fingerprint density at radius 2 is 1.94 bits per heavy atom. The molecule has 7 heteroatoms. The van der Waals surface area contributed by atoms with Crippen molar-refractivity contribution in [3.63, 3.8) is 0 Å². The van der Waals surface area contributed by atoms with E-state index >= 15 is 0 Å². The molecule has 7 nitrogen and oxygen atoms in total. The summed E-state index contributed by atoms with van der Waals surface area (Å²) in [7, 11) is 1.55. The molecule has 1 unspecified atom stereocenters. The topological polar surface area (TPSA) is 75.6 Å². The SMILES string of the molecule is COC(C)(C)C(=O)N1CCCC1c1nc(C)c2c(n1)N(Cc1ccccc1)C(=O)CC2. The maximum Gasteiger partial charge on any atom is 0.254 e. The van der Waals surface area contributed by atoms with Gasteiger partial charge in [-0.05, 0) is 45.6 Å². The molecule has 0 saturated carbocycles. The van der Waals surface area contributed by atoms with Crippen molar-refractivity contribution >= 4 is 17.6 Å². The van der Waals surface area contributed by atoms with E-state index in [0.29, 0.717) is 37.6 Å². The number of aryl methyl sites for hydroxylation is 1. The number of fused-ring (bicyclic) bond motifs is 1. The average molecular weight is 423 g/mol. The number of amides is 2. The van der Waals surface area contributed by atoms with Gasteiger partial charge < -0.3 is 9.64 Å². The van der Waals surface area contributed by atoms with Gasteiger partial charge >= 0.3 is 0 Å². The van der Waals surface area contributed by atoms with Gasteiger partial charge in [-0.1, -0.05) is 30.3 Å². The minimum Gasteiger partial charge on any atom is -0.369 e. The number of carbonyl (C=O) groups excluding carboxylic acids is 2. The van der Waals surface area contributed by atoms with Gasteiger partial charge in [0.2, 0.25) is 5.91 Å². The minimum atomic E-state index is -0.902. The number of benzene rings is 1. The molecule has 31 heavy (non-hydrogen) atoms. The van der Waals surface area contributed by atoms with Gasteiger partial charge in [0.1, 0.15) is 11.4 Å². The van der Waals surface area contributed by atoms with Crippen molar-refractivity contribution in [2.45, 2.75) is 64.6 Å². The molecule has 0 spiro atoms. The fraction of sp³-hybridized carbons (Fsp3) is 0.500. The number of nitrogens with zero attached hydrogens (tertiary/aromatic N) is 4. The van der Waals surface area contributed by atoms with Gasteiger partial charge in [-0.15, -0.1) is 0 Å². The average Bonchev–Trinajstić information content (AvgIpc) is 3.25. The monoisotopic (exact) mass is 422 g/mol. The minimum absolute atomic E-state index is 0.0614. The number of carbonyl (C=O) groups is 2. The first-order valence-electron chi connectivity index (χ1n) is 10.9. The summed E-state index contributed by atoms with van der Waals surface area (Å²) in [6, 6.07) is 9.73. The van der Waals surface area contributed by atoms with Gasteiger partial charge in [0.25, 0.3) is 5.91 Å². The highest BCUT2D eigenvalue weighted by atomic mass is 16.5. The molecule has 0 aliphatic carbocycles. The predicted molar refractivity (Wildman–Crippen MR) is 117 cm³/mol. The van der Waals surface area contributed by atoms with E-state index in [0.717, 1.165) is 29.7 Å². The lowest BCUT2D eigenvalue weighted by Gasteiger charge is -2.33. The van der Waals surface area contributed by atoms with Crippen molar-refractivity contribution in [2.75, 3.05) is 18.6 Å². The number of rotatable bonds is 5. The summed E-state index contributed by atoms with van der Waals surface area (Å²) in [5.74, 6) is 1.31. The molecular weight excluding hydrogens is 392 g/mol. The van der Waals surface area contributed by atoms with Crippen molar-refractivity contribution < 1.29 is 14.3 Å². The van der Waals surface area contributed by atoms with Crippen LogP contribution in [-0.4, -0.2) is 45.9 Å². The van der Waals surface area contributed by atoms with Crippen LogP contribution >= 0.6 is 0 Å². The fourth-order valence-corrected chi connectivity index (χ4v) is 4.39. The maximum absolute atomic E-state index is 13.1. The molecule has 0 N–H and O–H groups in total. The first-order valence-corrected chi connectivity index (χ1v) is 10.9. The molecule has 1 atom stereocenters. The number of hydrogen-bond acceptors (Lipinski definition) is 5. The normalized spacial score (nSPS) is 19.0. The van der Waals surface area contributed by atoms with Crippen LogP contribution < -0.4 is 4.90 Å². The highest BCUT2D eigenvalue weighted by Gasteiger charge is 2.40. The quantitative estimate of drug-likeness (QED) is 0.739. The zero-order valence-electron chi connectivity index (χ0n) is 18.7. The van der Waals surface area contributed by atoms with E-state index in [2.05, 4.69) is 0 Å². The summed E-state index contributed by atoms with van der Waals surface area (Å²) in [6.45, 7) is 6.67. The van der Waals surface area contributed by atoms with E-state index in [9.17, 15) is 9.59 Å². The molecule has 2 amide bonds. The lowest BCUT2D eigenvalue weighted by molar-refractivity contribution is -0.152. The van der Waals surface area contributed by atoms with E-state index in [4.69, 9.17) is 14.7 Å². The number of hydrogen-bond donors (Lipinski definition) is 0. The third kappa shape index (κ3) is 4.06. The first-order chi connectivity index (χ1) is 14.8. The summed E-state index contributed by atoms with van der Waals surface area (Å²) in [5, 5.41) is 0.